The Morgan fingerprint density at radius 2 is 2.30 bits per heavy atom. The van der Waals surface area contributed by atoms with Crippen molar-refractivity contribution < 1.29 is 19.1 Å². The maximum absolute atomic E-state index is 12.3. The molecule has 0 atom stereocenters. The second kappa shape index (κ2) is 10.6. The fraction of sp³-hybridized carbons (Fsp3) is 0.333. The minimum absolute atomic E-state index is 0.00208. The van der Waals surface area contributed by atoms with Gasteiger partial charge in [-0.15, -0.1) is 11.3 Å². The molecular formula is C21H22N4O4S. The Balaban J connectivity index is 1.64. The lowest BCUT2D eigenvalue weighted by atomic mass is 10.0. The summed E-state index contributed by atoms with van der Waals surface area (Å²) in [5.74, 6) is -0.429. The zero-order valence-electron chi connectivity index (χ0n) is 16.6. The number of carbonyl (C=O) groups excluding carboxylic acids is 2. The van der Waals surface area contributed by atoms with Gasteiger partial charge >= 0.3 is 0 Å². The number of pyridine rings is 1. The molecule has 3 rings (SSSR count). The van der Waals surface area contributed by atoms with Crippen LogP contribution in [0.5, 0.6) is 0 Å². The summed E-state index contributed by atoms with van der Waals surface area (Å²) < 4.78 is 10.2. The first-order valence-corrected chi connectivity index (χ1v) is 10.2. The molecular weight excluding hydrogens is 404 g/mol. The van der Waals surface area contributed by atoms with Crippen molar-refractivity contribution in [3.63, 3.8) is 0 Å². The number of anilines is 1. The third kappa shape index (κ3) is 5.51. The van der Waals surface area contributed by atoms with Crippen LogP contribution >= 0.6 is 11.3 Å². The van der Waals surface area contributed by atoms with Gasteiger partial charge in [-0.1, -0.05) is 6.07 Å². The molecule has 0 unspecified atom stereocenters. The number of thiophene rings is 1. The van der Waals surface area contributed by atoms with Crippen LogP contribution in [0.4, 0.5) is 5.00 Å². The van der Waals surface area contributed by atoms with Gasteiger partial charge in [0.05, 0.1) is 25.3 Å². The van der Waals surface area contributed by atoms with Gasteiger partial charge in [0.15, 0.2) is 0 Å². The summed E-state index contributed by atoms with van der Waals surface area (Å²) in [6.07, 6.45) is 6.95. The van der Waals surface area contributed by atoms with Crippen LogP contribution in [-0.2, 0) is 32.0 Å². The van der Waals surface area contributed by atoms with E-state index < -0.39 is 0 Å². The predicted octanol–water partition coefficient (Wildman–Crippen LogP) is 2.21. The van der Waals surface area contributed by atoms with E-state index in [0.29, 0.717) is 43.3 Å². The van der Waals surface area contributed by atoms with Gasteiger partial charge in [-0.3, -0.25) is 14.6 Å². The molecule has 0 saturated heterocycles. The molecule has 0 aromatic carbocycles. The monoisotopic (exact) mass is 426 g/mol. The van der Waals surface area contributed by atoms with Gasteiger partial charge in [0, 0.05) is 37.0 Å². The van der Waals surface area contributed by atoms with E-state index in [2.05, 4.69) is 16.4 Å². The first kappa shape index (κ1) is 21.6. The number of rotatable bonds is 8. The lowest BCUT2D eigenvalue weighted by molar-refractivity contribution is -0.137. The first-order valence-electron chi connectivity index (χ1n) is 9.40. The number of aromatic nitrogens is 1. The molecule has 0 aliphatic carbocycles. The van der Waals surface area contributed by atoms with Crippen LogP contribution in [-0.4, -0.2) is 55.2 Å². The number of nitrogens with zero attached hydrogens (tertiary/aromatic N) is 3. The first-order chi connectivity index (χ1) is 14.6. The van der Waals surface area contributed by atoms with Crippen molar-refractivity contribution >= 4 is 34.2 Å². The summed E-state index contributed by atoms with van der Waals surface area (Å²) in [6.45, 7) is 1.72. The number of hydrogen-bond acceptors (Lipinski definition) is 7. The number of nitrogens with one attached hydrogen (secondary N) is 1. The number of amides is 2. The minimum atomic E-state index is -0.326. The summed E-state index contributed by atoms with van der Waals surface area (Å²) in [5.41, 5.74) is 2.18. The number of fused-ring (bicyclic) bond motifs is 1. The van der Waals surface area contributed by atoms with Gasteiger partial charge in [-0.05, 0) is 29.7 Å². The molecule has 0 fully saturated rings. The topological polar surface area (TPSA) is 105 Å². The summed E-state index contributed by atoms with van der Waals surface area (Å²) >= 11 is 1.33. The van der Waals surface area contributed by atoms with Crippen LogP contribution in [0.15, 0.2) is 30.6 Å². The highest BCUT2D eigenvalue weighted by molar-refractivity contribution is 7.16. The normalized spacial score (nSPS) is 13.1. The zero-order chi connectivity index (χ0) is 21.3. The zero-order valence-corrected chi connectivity index (χ0v) is 17.4. The molecule has 30 heavy (non-hydrogen) atoms. The van der Waals surface area contributed by atoms with Crippen molar-refractivity contribution in [2.45, 2.75) is 13.0 Å². The highest BCUT2D eigenvalue weighted by Gasteiger charge is 2.27. The fourth-order valence-corrected chi connectivity index (χ4v) is 4.23. The quantitative estimate of drug-likeness (QED) is 0.513. The maximum Gasteiger partial charge on any atom is 0.249 e. The van der Waals surface area contributed by atoms with Gasteiger partial charge in [-0.2, -0.15) is 5.26 Å². The molecule has 0 radical (unpaired) electrons. The maximum atomic E-state index is 12.3. The molecule has 1 aliphatic rings. The van der Waals surface area contributed by atoms with Gasteiger partial charge < -0.3 is 19.7 Å². The SMILES string of the molecule is COCCOCC(=O)N1CCc2c(sc(NC(=O)/C=C/c3cccnc3)c2C#N)C1. The summed E-state index contributed by atoms with van der Waals surface area (Å²) in [7, 11) is 1.58. The van der Waals surface area contributed by atoms with Crippen molar-refractivity contribution in [3.05, 3.63) is 52.2 Å². The molecule has 2 aromatic rings. The Kier molecular flexibility index (Phi) is 7.68. The van der Waals surface area contributed by atoms with E-state index in [1.165, 1.54) is 17.4 Å². The van der Waals surface area contributed by atoms with Crippen molar-refractivity contribution in [2.75, 3.05) is 38.8 Å². The Bertz CT molecular complexity index is 965. The molecule has 0 saturated carbocycles. The van der Waals surface area contributed by atoms with Gasteiger partial charge in [-0.25, -0.2) is 0 Å². The van der Waals surface area contributed by atoms with E-state index in [0.717, 1.165) is 16.0 Å². The van der Waals surface area contributed by atoms with Gasteiger partial charge in [0.1, 0.15) is 17.7 Å². The number of ether oxygens (including phenoxy) is 2. The third-order valence-electron chi connectivity index (χ3n) is 4.53. The molecule has 1 N–H and O–H groups in total. The second-order valence-electron chi connectivity index (χ2n) is 6.54. The fourth-order valence-electron chi connectivity index (χ4n) is 3.02. The van der Waals surface area contributed by atoms with Crippen molar-refractivity contribution in [1.82, 2.24) is 9.88 Å². The van der Waals surface area contributed by atoms with Crippen LogP contribution in [0.2, 0.25) is 0 Å². The molecule has 3 heterocycles. The average molecular weight is 426 g/mol. The Morgan fingerprint density at radius 3 is 3.03 bits per heavy atom. The van der Waals surface area contributed by atoms with Crippen LogP contribution < -0.4 is 5.32 Å². The smallest absolute Gasteiger partial charge is 0.249 e. The van der Waals surface area contributed by atoms with Crippen molar-refractivity contribution in [1.29, 1.82) is 5.26 Å². The molecule has 2 amide bonds. The second-order valence-corrected chi connectivity index (χ2v) is 7.64. The number of methoxy groups -OCH3 is 1. The Hall–Kier alpha value is -3.06. The van der Waals surface area contributed by atoms with Crippen LogP contribution in [0.1, 0.15) is 21.6 Å². The van der Waals surface area contributed by atoms with E-state index in [4.69, 9.17) is 9.47 Å². The largest absolute Gasteiger partial charge is 0.382 e. The molecule has 0 bridgehead atoms. The number of nitriles is 1. The van der Waals surface area contributed by atoms with Crippen molar-refractivity contribution in [2.24, 2.45) is 0 Å². The van der Waals surface area contributed by atoms with Crippen LogP contribution in [0.25, 0.3) is 6.08 Å². The molecule has 9 heteroatoms. The van der Waals surface area contributed by atoms with E-state index >= 15 is 0 Å². The molecule has 156 valence electrons. The molecule has 0 spiro atoms. The van der Waals surface area contributed by atoms with E-state index in [9.17, 15) is 14.9 Å². The van der Waals surface area contributed by atoms with Gasteiger partial charge in [0.25, 0.3) is 0 Å². The van der Waals surface area contributed by atoms with E-state index in [1.807, 2.05) is 6.07 Å². The molecule has 2 aromatic heterocycles. The number of carbonyl (C=O) groups is 2. The lowest BCUT2D eigenvalue weighted by Gasteiger charge is -2.26. The third-order valence-corrected chi connectivity index (χ3v) is 5.66. The van der Waals surface area contributed by atoms with E-state index in [-0.39, 0.29) is 18.4 Å². The minimum Gasteiger partial charge on any atom is -0.382 e. The Labute approximate surface area is 178 Å². The van der Waals surface area contributed by atoms with Crippen molar-refractivity contribution in [3.8, 4) is 6.07 Å². The standard InChI is InChI=1S/C21H22N4O4S/c1-28-9-10-29-14-20(27)25-8-6-16-17(11-22)21(30-18(16)13-25)24-19(26)5-4-15-3-2-7-23-12-15/h2-5,7,12H,6,8-10,13-14H2,1H3,(H,24,26)/b5-4+. The highest BCUT2D eigenvalue weighted by Crippen LogP contribution is 2.36. The highest BCUT2D eigenvalue weighted by atomic mass is 32.1. The Morgan fingerprint density at radius 1 is 1.43 bits per heavy atom. The van der Waals surface area contributed by atoms with E-state index in [1.54, 1.807) is 36.5 Å². The van der Waals surface area contributed by atoms with Gasteiger partial charge in [0.2, 0.25) is 11.8 Å². The average Bonchev–Trinajstić information content (AvgIpc) is 3.11. The lowest BCUT2D eigenvalue weighted by Crippen LogP contribution is -2.38. The summed E-state index contributed by atoms with van der Waals surface area (Å²) in [4.78, 5) is 31.3. The van der Waals surface area contributed by atoms with Crippen LogP contribution in [0.3, 0.4) is 0 Å². The predicted molar refractivity (Wildman–Crippen MR) is 113 cm³/mol. The summed E-state index contributed by atoms with van der Waals surface area (Å²) in [6, 6.07) is 5.82. The molecule has 8 nitrogen and oxygen atoms in total. The van der Waals surface area contributed by atoms with Crippen LogP contribution in [0, 0.1) is 11.3 Å². The molecule has 1 aliphatic heterocycles. The summed E-state index contributed by atoms with van der Waals surface area (Å²) in [5, 5.41) is 12.9. The number of hydrogen-bond donors (Lipinski definition) is 1.